The maximum Gasteiger partial charge on any atom is 0.175 e. The fourth-order valence-corrected chi connectivity index (χ4v) is 1.73. The number of fused-ring (bicyclic) bond motifs is 1. The first-order valence-electron chi connectivity index (χ1n) is 4.21. The Labute approximate surface area is 77.1 Å². The van der Waals surface area contributed by atoms with E-state index < -0.39 is 5.41 Å². The van der Waals surface area contributed by atoms with E-state index in [1.54, 1.807) is 0 Å². The van der Waals surface area contributed by atoms with Crippen LogP contribution in [0.3, 0.4) is 0 Å². The normalized spacial score (nSPS) is 36.2. The van der Waals surface area contributed by atoms with Gasteiger partial charge >= 0.3 is 0 Å². The van der Waals surface area contributed by atoms with Gasteiger partial charge in [-0.1, -0.05) is 30.4 Å². The quantitative estimate of drug-likeness (QED) is 0.520. The average Bonchev–Trinajstić information content (AvgIpc) is 2.71. The third-order valence-corrected chi connectivity index (χ3v) is 2.55. The van der Waals surface area contributed by atoms with Crippen LogP contribution in [0.1, 0.15) is 6.42 Å². The molecule has 1 saturated carbocycles. The summed E-state index contributed by atoms with van der Waals surface area (Å²) in [5.74, 6) is 0.0347. The van der Waals surface area contributed by atoms with E-state index in [0.717, 1.165) is 12.0 Å². The van der Waals surface area contributed by atoms with Gasteiger partial charge < -0.3 is 0 Å². The highest BCUT2D eigenvalue weighted by molar-refractivity contribution is 5.56. The van der Waals surface area contributed by atoms with Crippen molar-refractivity contribution < 1.29 is 0 Å². The van der Waals surface area contributed by atoms with Crippen LogP contribution in [-0.4, -0.2) is 0 Å². The van der Waals surface area contributed by atoms with Crippen LogP contribution in [0, 0.1) is 34.0 Å². The van der Waals surface area contributed by atoms with E-state index in [1.165, 1.54) is 0 Å². The third kappa shape index (κ3) is 0.927. The summed E-state index contributed by atoms with van der Waals surface area (Å²) in [7, 11) is 0. The Morgan fingerprint density at radius 2 is 2.08 bits per heavy atom. The van der Waals surface area contributed by atoms with E-state index >= 15 is 0 Å². The Kier molecular flexibility index (Phi) is 1.57. The summed E-state index contributed by atoms with van der Waals surface area (Å²) in [5, 5.41) is 17.8. The Bertz CT molecular complexity index is 385. The Balaban J connectivity index is 2.40. The highest BCUT2D eigenvalue weighted by atomic mass is 14.6. The molecule has 1 atom stereocenters. The van der Waals surface area contributed by atoms with Crippen molar-refractivity contribution in [1.29, 1.82) is 10.5 Å². The van der Waals surface area contributed by atoms with Gasteiger partial charge in [0.05, 0.1) is 12.1 Å². The van der Waals surface area contributed by atoms with Crippen LogP contribution >= 0.6 is 0 Å². The van der Waals surface area contributed by atoms with Gasteiger partial charge in [0, 0.05) is 5.92 Å². The van der Waals surface area contributed by atoms with Gasteiger partial charge in [0.1, 0.15) is 0 Å². The molecule has 0 heterocycles. The van der Waals surface area contributed by atoms with E-state index in [0.29, 0.717) is 0 Å². The molecule has 0 radical (unpaired) electrons. The van der Waals surface area contributed by atoms with Crippen LogP contribution in [-0.2, 0) is 0 Å². The summed E-state index contributed by atoms with van der Waals surface area (Å²) >= 11 is 0. The molecule has 0 bridgehead atoms. The van der Waals surface area contributed by atoms with E-state index in [9.17, 15) is 0 Å². The molecule has 0 aromatic heterocycles. The molecule has 0 aromatic rings. The molecule has 13 heavy (non-hydrogen) atoms. The van der Waals surface area contributed by atoms with Gasteiger partial charge in [-0.05, 0) is 12.0 Å². The lowest BCUT2D eigenvalue weighted by Gasteiger charge is -1.86. The van der Waals surface area contributed by atoms with Gasteiger partial charge in [-0.3, -0.25) is 0 Å². The van der Waals surface area contributed by atoms with Crippen molar-refractivity contribution in [2.45, 2.75) is 6.42 Å². The second-order valence-electron chi connectivity index (χ2n) is 3.22. The summed E-state index contributed by atoms with van der Waals surface area (Å²) in [6.45, 7) is 0. The maximum atomic E-state index is 8.90. The number of nitriles is 2. The second kappa shape index (κ2) is 2.61. The minimum absolute atomic E-state index is 0.0347. The maximum absolute atomic E-state index is 8.90. The van der Waals surface area contributed by atoms with Crippen LogP contribution in [0.25, 0.3) is 0 Å². The Morgan fingerprint density at radius 1 is 1.31 bits per heavy atom. The summed E-state index contributed by atoms with van der Waals surface area (Å²) in [4.78, 5) is 0. The smallest absolute Gasteiger partial charge is 0.175 e. The standard InChI is InChI=1S/C11H8N2/c12-7-11(8-13)9-5-3-1-2-4-6-10(9)11/h1-3,5-6,9H,4H2/b2-1-,5-3-,10-6+. The molecular weight excluding hydrogens is 160 g/mol. The first-order valence-corrected chi connectivity index (χ1v) is 4.21. The fourth-order valence-electron chi connectivity index (χ4n) is 1.73. The molecule has 1 fully saturated rings. The van der Waals surface area contributed by atoms with E-state index in [1.807, 2.05) is 30.4 Å². The molecular formula is C11H8N2. The predicted octanol–water partition coefficient (Wildman–Crippen LogP) is 2.09. The van der Waals surface area contributed by atoms with Gasteiger partial charge in [-0.15, -0.1) is 0 Å². The zero-order chi connectivity index (χ0) is 9.31. The molecule has 0 saturated heterocycles. The second-order valence-corrected chi connectivity index (χ2v) is 3.22. The predicted molar refractivity (Wildman–Crippen MR) is 48.1 cm³/mol. The summed E-state index contributed by atoms with van der Waals surface area (Å²) < 4.78 is 0. The molecule has 0 spiro atoms. The SMILES string of the molecule is N#CC1(C#N)/C2=C/C/C=C\C=C/C21. The van der Waals surface area contributed by atoms with Crippen LogP contribution in [0.5, 0.6) is 0 Å². The molecule has 2 aliphatic rings. The van der Waals surface area contributed by atoms with E-state index in [4.69, 9.17) is 10.5 Å². The fraction of sp³-hybridized carbons (Fsp3) is 0.273. The number of rotatable bonds is 0. The van der Waals surface area contributed by atoms with Crippen molar-refractivity contribution in [2.24, 2.45) is 11.3 Å². The van der Waals surface area contributed by atoms with Crippen molar-refractivity contribution in [3.05, 3.63) is 36.0 Å². The zero-order valence-corrected chi connectivity index (χ0v) is 7.07. The van der Waals surface area contributed by atoms with Gasteiger partial charge in [-0.2, -0.15) is 10.5 Å². The van der Waals surface area contributed by atoms with Crippen molar-refractivity contribution >= 4 is 0 Å². The summed E-state index contributed by atoms with van der Waals surface area (Å²) in [6, 6.07) is 4.18. The van der Waals surface area contributed by atoms with Gasteiger partial charge in [-0.25, -0.2) is 0 Å². The summed E-state index contributed by atoms with van der Waals surface area (Å²) in [5.41, 5.74) is 0.126. The van der Waals surface area contributed by atoms with Crippen molar-refractivity contribution in [3.8, 4) is 12.1 Å². The molecule has 2 heteroatoms. The molecule has 0 amide bonds. The molecule has 1 unspecified atom stereocenters. The largest absolute Gasteiger partial charge is 0.196 e. The molecule has 2 aliphatic carbocycles. The van der Waals surface area contributed by atoms with Crippen molar-refractivity contribution in [3.63, 3.8) is 0 Å². The lowest BCUT2D eigenvalue weighted by Crippen LogP contribution is -1.93. The zero-order valence-electron chi connectivity index (χ0n) is 7.07. The van der Waals surface area contributed by atoms with Crippen LogP contribution < -0.4 is 0 Å². The highest BCUT2D eigenvalue weighted by Crippen LogP contribution is 2.58. The average molecular weight is 168 g/mol. The van der Waals surface area contributed by atoms with Crippen molar-refractivity contribution in [2.75, 3.05) is 0 Å². The van der Waals surface area contributed by atoms with Gasteiger partial charge in [0.2, 0.25) is 0 Å². The summed E-state index contributed by atoms with van der Waals surface area (Å²) in [6.07, 6.45) is 10.6. The van der Waals surface area contributed by atoms with Gasteiger partial charge in [0.25, 0.3) is 0 Å². The Hall–Kier alpha value is -1.80. The minimum atomic E-state index is -0.845. The lowest BCUT2D eigenvalue weighted by atomic mass is 10.1. The number of nitrogens with zero attached hydrogens (tertiary/aromatic N) is 2. The van der Waals surface area contributed by atoms with E-state index in [2.05, 4.69) is 12.1 Å². The van der Waals surface area contributed by atoms with E-state index in [-0.39, 0.29) is 5.92 Å². The molecule has 2 nitrogen and oxygen atoms in total. The molecule has 0 aliphatic heterocycles. The molecule has 0 aromatic carbocycles. The molecule has 62 valence electrons. The minimum Gasteiger partial charge on any atom is -0.196 e. The van der Waals surface area contributed by atoms with Crippen LogP contribution in [0.4, 0.5) is 0 Å². The highest BCUT2D eigenvalue weighted by Gasteiger charge is 2.60. The molecule has 0 N–H and O–H groups in total. The number of hydrogen-bond acceptors (Lipinski definition) is 2. The number of hydrogen-bond donors (Lipinski definition) is 0. The van der Waals surface area contributed by atoms with Gasteiger partial charge in [0.15, 0.2) is 5.41 Å². The van der Waals surface area contributed by atoms with Crippen molar-refractivity contribution in [1.82, 2.24) is 0 Å². The third-order valence-electron chi connectivity index (χ3n) is 2.55. The van der Waals surface area contributed by atoms with Crippen LogP contribution in [0.15, 0.2) is 36.0 Å². The molecule has 2 rings (SSSR count). The number of allylic oxidation sites excluding steroid dienone is 6. The van der Waals surface area contributed by atoms with Crippen LogP contribution in [0.2, 0.25) is 0 Å². The topological polar surface area (TPSA) is 47.6 Å². The first-order chi connectivity index (χ1) is 6.35. The first kappa shape index (κ1) is 7.83. The lowest BCUT2D eigenvalue weighted by molar-refractivity contribution is 0.834. The monoisotopic (exact) mass is 168 g/mol. The Morgan fingerprint density at radius 3 is 2.77 bits per heavy atom.